The number of aromatic nitrogens is 2. The van der Waals surface area contributed by atoms with Crippen LogP contribution in [0.4, 0.5) is 0 Å². The molecule has 0 unspecified atom stereocenters. The molecule has 1 aromatic heterocycles. The van der Waals surface area contributed by atoms with Crippen molar-refractivity contribution in [1.29, 1.82) is 0 Å². The maximum Gasteiger partial charge on any atom is 0.323 e. The molecule has 0 radical (unpaired) electrons. The summed E-state index contributed by atoms with van der Waals surface area (Å²) in [6.45, 7) is 4.37. The van der Waals surface area contributed by atoms with Crippen LogP contribution in [0.1, 0.15) is 51.3 Å². The molecule has 1 fully saturated rings. The van der Waals surface area contributed by atoms with Crippen molar-refractivity contribution in [2.75, 3.05) is 0 Å². The highest BCUT2D eigenvalue weighted by Gasteiger charge is 2.34. The fourth-order valence-electron chi connectivity index (χ4n) is 2.29. The van der Waals surface area contributed by atoms with E-state index in [1.165, 1.54) is 12.8 Å². The lowest BCUT2D eigenvalue weighted by atomic mass is 9.93. The van der Waals surface area contributed by atoms with E-state index in [2.05, 4.69) is 14.9 Å². The van der Waals surface area contributed by atoms with Gasteiger partial charge in [-0.25, -0.2) is 4.98 Å². The summed E-state index contributed by atoms with van der Waals surface area (Å²) >= 11 is 0. The van der Waals surface area contributed by atoms with E-state index in [1.54, 1.807) is 0 Å². The second-order valence-corrected chi connectivity index (χ2v) is 4.97. The normalized spacial score (nSPS) is 15.9. The summed E-state index contributed by atoms with van der Waals surface area (Å²) < 4.78 is 2.16. The smallest absolute Gasteiger partial charge is 0.323 e. The Labute approximate surface area is 107 Å². The summed E-state index contributed by atoms with van der Waals surface area (Å²) in [5.41, 5.74) is 0.253. The average molecular weight is 251 g/mol. The third kappa shape index (κ3) is 2.41. The highest BCUT2D eigenvalue weighted by molar-refractivity contribution is 5.78. The molecule has 1 aliphatic carbocycles. The van der Waals surface area contributed by atoms with Gasteiger partial charge < -0.3 is 9.67 Å². The Bertz CT molecular complexity index is 420. The van der Waals surface area contributed by atoms with Crippen molar-refractivity contribution in [1.82, 2.24) is 14.9 Å². The Morgan fingerprint density at radius 1 is 1.56 bits per heavy atom. The molecule has 5 heteroatoms. The number of nitrogens with one attached hydrogen (secondary N) is 1. The van der Waals surface area contributed by atoms with Crippen LogP contribution in [0.25, 0.3) is 0 Å². The van der Waals surface area contributed by atoms with E-state index in [4.69, 9.17) is 0 Å². The first-order valence-corrected chi connectivity index (χ1v) is 6.62. The molecule has 0 amide bonds. The summed E-state index contributed by atoms with van der Waals surface area (Å²) in [5, 5.41) is 12.6. The lowest BCUT2D eigenvalue weighted by Crippen LogP contribution is -2.50. The van der Waals surface area contributed by atoms with Gasteiger partial charge in [-0.3, -0.25) is 10.1 Å². The lowest BCUT2D eigenvalue weighted by Gasteiger charge is -2.28. The van der Waals surface area contributed by atoms with Gasteiger partial charge >= 0.3 is 5.97 Å². The van der Waals surface area contributed by atoms with Crippen molar-refractivity contribution in [3.05, 3.63) is 18.2 Å². The Morgan fingerprint density at radius 2 is 2.22 bits per heavy atom. The van der Waals surface area contributed by atoms with Crippen molar-refractivity contribution in [2.45, 2.75) is 57.7 Å². The molecule has 0 spiro atoms. The maximum absolute atomic E-state index is 11.4. The number of carbonyl (C=O) groups is 1. The number of aliphatic carboxylic acids is 1. The van der Waals surface area contributed by atoms with Crippen LogP contribution >= 0.6 is 0 Å². The maximum atomic E-state index is 11.4. The largest absolute Gasteiger partial charge is 0.480 e. The minimum absolute atomic E-state index is 0.560. The van der Waals surface area contributed by atoms with Gasteiger partial charge in [0.2, 0.25) is 0 Å². The SMILES string of the molecule is CCC(CC)(NCc1cncn1C1CC1)C(=O)O. The fraction of sp³-hybridized carbons (Fsp3) is 0.692. The monoisotopic (exact) mass is 251 g/mol. The van der Waals surface area contributed by atoms with Crippen LogP contribution in [0.2, 0.25) is 0 Å². The average Bonchev–Trinajstić information content (AvgIpc) is 3.10. The zero-order chi connectivity index (χ0) is 13.2. The van der Waals surface area contributed by atoms with Crippen molar-refractivity contribution >= 4 is 5.97 Å². The van der Waals surface area contributed by atoms with Gasteiger partial charge in [0.25, 0.3) is 0 Å². The number of nitrogens with zero attached hydrogens (tertiary/aromatic N) is 2. The molecular formula is C13H21N3O2. The molecule has 2 rings (SSSR count). The Balaban J connectivity index is 2.05. The summed E-state index contributed by atoms with van der Waals surface area (Å²) in [7, 11) is 0. The van der Waals surface area contributed by atoms with Crippen LogP contribution < -0.4 is 5.32 Å². The molecule has 0 saturated heterocycles. The van der Waals surface area contributed by atoms with Crippen LogP contribution in [0, 0.1) is 0 Å². The highest BCUT2D eigenvalue weighted by Crippen LogP contribution is 2.35. The number of hydrogen-bond donors (Lipinski definition) is 2. The second-order valence-electron chi connectivity index (χ2n) is 4.97. The van der Waals surface area contributed by atoms with Gasteiger partial charge in [0.05, 0.1) is 12.0 Å². The quantitative estimate of drug-likeness (QED) is 0.777. The van der Waals surface area contributed by atoms with Gasteiger partial charge in [0.15, 0.2) is 0 Å². The number of carboxylic acid groups (broad SMARTS) is 1. The van der Waals surface area contributed by atoms with Crippen molar-refractivity contribution in [3.8, 4) is 0 Å². The molecule has 1 aromatic rings. The molecule has 0 atom stereocenters. The zero-order valence-corrected chi connectivity index (χ0v) is 11.0. The standard InChI is InChI=1S/C13H21N3O2/c1-3-13(4-2,12(17)18)15-8-11-7-14-9-16(11)10-5-6-10/h7,9-10,15H,3-6,8H2,1-2H3,(H,17,18). The molecule has 5 nitrogen and oxygen atoms in total. The number of carboxylic acids is 1. The Morgan fingerprint density at radius 3 is 2.72 bits per heavy atom. The van der Waals surface area contributed by atoms with Gasteiger partial charge in [-0.05, 0) is 25.7 Å². The van der Waals surface area contributed by atoms with Gasteiger partial charge in [-0.15, -0.1) is 0 Å². The van der Waals surface area contributed by atoms with Gasteiger partial charge in [0, 0.05) is 18.8 Å². The van der Waals surface area contributed by atoms with E-state index in [9.17, 15) is 9.90 Å². The van der Waals surface area contributed by atoms with Crippen LogP contribution in [0.15, 0.2) is 12.5 Å². The molecule has 0 bridgehead atoms. The van der Waals surface area contributed by atoms with E-state index in [0.717, 1.165) is 5.69 Å². The number of hydrogen-bond acceptors (Lipinski definition) is 3. The minimum Gasteiger partial charge on any atom is -0.480 e. The van der Waals surface area contributed by atoms with Crippen LogP contribution in [0.3, 0.4) is 0 Å². The molecule has 1 saturated carbocycles. The molecule has 2 N–H and O–H groups in total. The predicted molar refractivity (Wildman–Crippen MR) is 68.3 cm³/mol. The van der Waals surface area contributed by atoms with E-state index >= 15 is 0 Å². The molecule has 100 valence electrons. The third-order valence-electron chi connectivity index (χ3n) is 3.91. The molecule has 18 heavy (non-hydrogen) atoms. The minimum atomic E-state index is -0.821. The summed E-state index contributed by atoms with van der Waals surface area (Å²) in [4.78, 5) is 15.5. The van der Waals surface area contributed by atoms with Gasteiger partial charge in [0.1, 0.15) is 5.54 Å². The number of imidazole rings is 1. The van der Waals surface area contributed by atoms with E-state index in [1.807, 2.05) is 26.4 Å². The van der Waals surface area contributed by atoms with E-state index in [-0.39, 0.29) is 0 Å². The first kappa shape index (κ1) is 13.1. The second kappa shape index (κ2) is 5.10. The molecule has 1 heterocycles. The third-order valence-corrected chi connectivity index (χ3v) is 3.91. The summed E-state index contributed by atoms with van der Waals surface area (Å²) in [6.07, 6.45) is 7.23. The summed E-state index contributed by atoms with van der Waals surface area (Å²) in [6, 6.07) is 0.576. The van der Waals surface area contributed by atoms with E-state index in [0.29, 0.717) is 25.4 Å². The van der Waals surface area contributed by atoms with Crippen LogP contribution in [-0.2, 0) is 11.3 Å². The number of rotatable bonds is 7. The lowest BCUT2D eigenvalue weighted by molar-refractivity contribution is -0.145. The topological polar surface area (TPSA) is 67.2 Å². The van der Waals surface area contributed by atoms with Crippen molar-refractivity contribution < 1.29 is 9.90 Å². The van der Waals surface area contributed by atoms with E-state index < -0.39 is 11.5 Å². The zero-order valence-electron chi connectivity index (χ0n) is 11.0. The fourth-order valence-corrected chi connectivity index (χ4v) is 2.29. The molecule has 0 aromatic carbocycles. The first-order chi connectivity index (χ1) is 8.63. The first-order valence-electron chi connectivity index (χ1n) is 6.62. The van der Waals surface area contributed by atoms with Crippen LogP contribution in [0.5, 0.6) is 0 Å². The molecular weight excluding hydrogens is 230 g/mol. The Hall–Kier alpha value is -1.36. The molecule has 0 aliphatic heterocycles. The molecule has 1 aliphatic rings. The van der Waals surface area contributed by atoms with Crippen molar-refractivity contribution in [2.24, 2.45) is 0 Å². The Kier molecular flexibility index (Phi) is 3.71. The van der Waals surface area contributed by atoms with Gasteiger partial charge in [-0.1, -0.05) is 13.8 Å². The summed E-state index contributed by atoms with van der Waals surface area (Å²) in [5.74, 6) is -0.773. The van der Waals surface area contributed by atoms with Gasteiger partial charge in [-0.2, -0.15) is 0 Å². The highest BCUT2D eigenvalue weighted by atomic mass is 16.4. The van der Waals surface area contributed by atoms with Crippen LogP contribution in [-0.4, -0.2) is 26.2 Å². The predicted octanol–water partition coefficient (Wildman–Crippen LogP) is 1.95. The van der Waals surface area contributed by atoms with Crippen molar-refractivity contribution in [3.63, 3.8) is 0 Å².